The fourth-order valence-corrected chi connectivity index (χ4v) is 0.853. The second kappa shape index (κ2) is 3.05. The van der Waals surface area contributed by atoms with E-state index in [0.717, 1.165) is 3.57 Å². The van der Waals surface area contributed by atoms with Crippen LogP contribution in [-0.2, 0) is 0 Å². The zero-order valence-electron chi connectivity index (χ0n) is 5.47. The summed E-state index contributed by atoms with van der Waals surface area (Å²) in [5, 5.41) is 0. The molecule has 2 N–H and O–H groups in total. The average molecular weight is 250 g/mol. The summed E-state index contributed by atoms with van der Waals surface area (Å²) in [4.78, 5) is 3.94. The standard InChI is InChI=1S/C6H7IN2O/c1-10-5-3-2-4(7)6(8)9-5/h2-3H,1H3,(H2,8,9). The second-order valence-corrected chi connectivity index (χ2v) is 2.88. The highest BCUT2D eigenvalue weighted by molar-refractivity contribution is 14.1. The molecule has 1 aromatic rings. The van der Waals surface area contributed by atoms with Crippen molar-refractivity contribution in [2.24, 2.45) is 0 Å². The van der Waals surface area contributed by atoms with Crippen molar-refractivity contribution >= 4 is 28.4 Å². The normalized spacial score (nSPS) is 9.40. The third-order valence-electron chi connectivity index (χ3n) is 1.06. The van der Waals surface area contributed by atoms with Gasteiger partial charge in [0.15, 0.2) is 0 Å². The molecule has 0 spiro atoms. The molecule has 0 unspecified atom stereocenters. The zero-order chi connectivity index (χ0) is 7.56. The number of nitrogens with zero attached hydrogens (tertiary/aromatic N) is 1. The molecule has 0 aliphatic rings. The van der Waals surface area contributed by atoms with Crippen molar-refractivity contribution in [1.29, 1.82) is 0 Å². The molecule has 0 radical (unpaired) electrons. The first kappa shape index (κ1) is 7.59. The van der Waals surface area contributed by atoms with Crippen LogP contribution in [0.15, 0.2) is 12.1 Å². The Morgan fingerprint density at radius 1 is 1.60 bits per heavy atom. The van der Waals surface area contributed by atoms with Crippen molar-refractivity contribution in [3.63, 3.8) is 0 Å². The summed E-state index contributed by atoms with van der Waals surface area (Å²) in [6.07, 6.45) is 0. The van der Waals surface area contributed by atoms with Crippen LogP contribution in [-0.4, -0.2) is 12.1 Å². The van der Waals surface area contributed by atoms with Crippen LogP contribution in [0.4, 0.5) is 5.82 Å². The monoisotopic (exact) mass is 250 g/mol. The number of methoxy groups -OCH3 is 1. The Kier molecular flexibility index (Phi) is 2.31. The minimum atomic E-state index is 0.514. The van der Waals surface area contributed by atoms with Gasteiger partial charge < -0.3 is 10.5 Å². The van der Waals surface area contributed by atoms with Gasteiger partial charge in [-0.3, -0.25) is 0 Å². The van der Waals surface area contributed by atoms with Crippen LogP contribution in [0.5, 0.6) is 5.88 Å². The van der Waals surface area contributed by atoms with Gasteiger partial charge in [-0.1, -0.05) is 0 Å². The summed E-state index contributed by atoms with van der Waals surface area (Å²) in [5.41, 5.74) is 5.50. The Morgan fingerprint density at radius 3 is 2.80 bits per heavy atom. The molecular formula is C6H7IN2O. The lowest BCUT2D eigenvalue weighted by Crippen LogP contribution is -1.95. The van der Waals surface area contributed by atoms with Gasteiger partial charge in [-0.2, -0.15) is 4.98 Å². The summed E-state index contributed by atoms with van der Waals surface area (Å²) in [6.45, 7) is 0. The van der Waals surface area contributed by atoms with Gasteiger partial charge in [0.25, 0.3) is 0 Å². The molecule has 1 rings (SSSR count). The smallest absolute Gasteiger partial charge is 0.214 e. The lowest BCUT2D eigenvalue weighted by atomic mass is 10.4. The predicted octanol–water partition coefficient (Wildman–Crippen LogP) is 1.28. The van der Waals surface area contributed by atoms with E-state index in [1.54, 1.807) is 13.2 Å². The van der Waals surface area contributed by atoms with E-state index >= 15 is 0 Å². The average Bonchev–Trinajstić information content (AvgIpc) is 1.95. The number of rotatable bonds is 1. The van der Waals surface area contributed by atoms with Crippen molar-refractivity contribution in [2.75, 3.05) is 12.8 Å². The summed E-state index contributed by atoms with van der Waals surface area (Å²) in [6, 6.07) is 3.64. The van der Waals surface area contributed by atoms with Crippen LogP contribution in [0.3, 0.4) is 0 Å². The molecule has 0 fully saturated rings. The quantitative estimate of drug-likeness (QED) is 0.763. The molecule has 0 bridgehead atoms. The van der Waals surface area contributed by atoms with E-state index in [4.69, 9.17) is 10.5 Å². The van der Waals surface area contributed by atoms with Crippen LogP contribution in [0.1, 0.15) is 0 Å². The highest BCUT2D eigenvalue weighted by Crippen LogP contribution is 2.15. The molecule has 0 amide bonds. The maximum atomic E-state index is 5.50. The number of nitrogen functional groups attached to an aromatic ring is 1. The predicted molar refractivity (Wildman–Crippen MR) is 47.9 cm³/mol. The summed E-state index contributed by atoms with van der Waals surface area (Å²) >= 11 is 2.11. The second-order valence-electron chi connectivity index (χ2n) is 1.72. The molecule has 10 heavy (non-hydrogen) atoms. The third kappa shape index (κ3) is 1.50. The first-order valence-electron chi connectivity index (χ1n) is 2.70. The van der Waals surface area contributed by atoms with Crippen molar-refractivity contribution < 1.29 is 4.74 Å². The van der Waals surface area contributed by atoms with Gasteiger partial charge in [-0.25, -0.2) is 0 Å². The van der Waals surface area contributed by atoms with Gasteiger partial charge in [0.2, 0.25) is 5.88 Å². The zero-order valence-corrected chi connectivity index (χ0v) is 7.62. The van der Waals surface area contributed by atoms with Crippen molar-refractivity contribution in [1.82, 2.24) is 4.98 Å². The first-order chi connectivity index (χ1) is 4.74. The fraction of sp³-hybridized carbons (Fsp3) is 0.167. The molecule has 0 atom stereocenters. The Bertz CT molecular complexity index is 239. The third-order valence-corrected chi connectivity index (χ3v) is 1.97. The summed E-state index contributed by atoms with van der Waals surface area (Å²) < 4.78 is 5.80. The first-order valence-corrected chi connectivity index (χ1v) is 3.78. The number of hydrogen-bond acceptors (Lipinski definition) is 3. The number of pyridine rings is 1. The van der Waals surface area contributed by atoms with Crippen molar-refractivity contribution in [2.45, 2.75) is 0 Å². The van der Waals surface area contributed by atoms with Gasteiger partial charge in [-0.05, 0) is 28.7 Å². The largest absolute Gasteiger partial charge is 0.481 e. The molecule has 3 nitrogen and oxygen atoms in total. The number of halogens is 1. The summed E-state index contributed by atoms with van der Waals surface area (Å²) in [7, 11) is 1.56. The molecular weight excluding hydrogens is 243 g/mol. The van der Waals surface area contributed by atoms with Crippen molar-refractivity contribution in [3.05, 3.63) is 15.7 Å². The van der Waals surface area contributed by atoms with E-state index in [0.29, 0.717) is 11.7 Å². The van der Waals surface area contributed by atoms with Crippen molar-refractivity contribution in [3.8, 4) is 5.88 Å². The van der Waals surface area contributed by atoms with Gasteiger partial charge in [-0.15, -0.1) is 0 Å². The highest BCUT2D eigenvalue weighted by atomic mass is 127. The highest BCUT2D eigenvalue weighted by Gasteiger charge is 1.97. The molecule has 0 aromatic carbocycles. The number of nitrogens with two attached hydrogens (primary N) is 1. The van der Waals surface area contributed by atoms with E-state index in [1.807, 2.05) is 6.07 Å². The number of anilines is 1. The SMILES string of the molecule is COc1ccc(I)c(N)n1. The minimum Gasteiger partial charge on any atom is -0.481 e. The topological polar surface area (TPSA) is 48.1 Å². The Balaban J connectivity index is 3.04. The van der Waals surface area contributed by atoms with Gasteiger partial charge >= 0.3 is 0 Å². The molecule has 0 aliphatic carbocycles. The fourth-order valence-electron chi connectivity index (χ4n) is 0.553. The van der Waals surface area contributed by atoms with E-state index < -0.39 is 0 Å². The molecule has 1 heterocycles. The Labute approximate surface area is 72.7 Å². The number of aromatic nitrogens is 1. The van der Waals surface area contributed by atoms with Crippen LogP contribution in [0.25, 0.3) is 0 Å². The maximum absolute atomic E-state index is 5.50. The van der Waals surface area contributed by atoms with Crippen LogP contribution < -0.4 is 10.5 Å². The molecule has 0 saturated heterocycles. The Hall–Kier alpha value is -0.520. The molecule has 54 valence electrons. The van der Waals surface area contributed by atoms with Gasteiger partial charge in [0, 0.05) is 6.07 Å². The molecule has 1 aromatic heterocycles. The van der Waals surface area contributed by atoms with Crippen LogP contribution >= 0.6 is 22.6 Å². The van der Waals surface area contributed by atoms with Crippen LogP contribution in [0, 0.1) is 3.57 Å². The van der Waals surface area contributed by atoms with E-state index in [-0.39, 0.29) is 0 Å². The van der Waals surface area contributed by atoms with Gasteiger partial charge in [0.1, 0.15) is 5.82 Å². The van der Waals surface area contributed by atoms with Gasteiger partial charge in [0.05, 0.1) is 10.7 Å². The number of ether oxygens (including phenoxy) is 1. The van der Waals surface area contributed by atoms with E-state index in [2.05, 4.69) is 27.6 Å². The van der Waals surface area contributed by atoms with E-state index in [9.17, 15) is 0 Å². The maximum Gasteiger partial charge on any atom is 0.214 e. The van der Waals surface area contributed by atoms with E-state index in [1.165, 1.54) is 0 Å². The molecule has 0 saturated carbocycles. The minimum absolute atomic E-state index is 0.514. The lowest BCUT2D eigenvalue weighted by molar-refractivity contribution is 0.398. The number of hydrogen-bond donors (Lipinski definition) is 1. The van der Waals surface area contributed by atoms with Crippen LogP contribution in [0.2, 0.25) is 0 Å². The molecule has 4 heteroatoms. The Morgan fingerprint density at radius 2 is 2.30 bits per heavy atom. The molecule has 0 aliphatic heterocycles. The lowest BCUT2D eigenvalue weighted by Gasteiger charge is -1.99. The summed E-state index contributed by atoms with van der Waals surface area (Å²) in [5.74, 6) is 1.07.